The summed E-state index contributed by atoms with van der Waals surface area (Å²) >= 11 is 0. The molecule has 2 aliphatic carbocycles. The van der Waals surface area contributed by atoms with Crippen LogP contribution in [0.3, 0.4) is 0 Å². The van der Waals surface area contributed by atoms with Gasteiger partial charge in [-0.2, -0.15) is 0 Å². The molecule has 3 aliphatic rings. The molecule has 0 amide bonds. The summed E-state index contributed by atoms with van der Waals surface area (Å²) in [4.78, 5) is 13.8. The Kier molecular flexibility index (Phi) is 2.44. The van der Waals surface area contributed by atoms with Crippen molar-refractivity contribution in [1.82, 2.24) is 10.2 Å². The molecule has 4 heteroatoms. The highest BCUT2D eigenvalue weighted by atomic mass is 16.4. The van der Waals surface area contributed by atoms with Crippen molar-refractivity contribution in [3.8, 4) is 0 Å². The van der Waals surface area contributed by atoms with Crippen LogP contribution in [0.5, 0.6) is 0 Å². The zero-order chi connectivity index (χ0) is 11.2. The van der Waals surface area contributed by atoms with Gasteiger partial charge in [0, 0.05) is 19.1 Å². The van der Waals surface area contributed by atoms with Gasteiger partial charge in [-0.1, -0.05) is 0 Å². The highest BCUT2D eigenvalue weighted by Crippen LogP contribution is 2.35. The van der Waals surface area contributed by atoms with Gasteiger partial charge in [-0.05, 0) is 44.6 Å². The number of carbonyl (C=O) groups is 1. The summed E-state index contributed by atoms with van der Waals surface area (Å²) in [7, 11) is 0. The van der Waals surface area contributed by atoms with Crippen LogP contribution in [-0.4, -0.2) is 47.2 Å². The van der Waals surface area contributed by atoms with Crippen LogP contribution in [0.15, 0.2) is 0 Å². The SMILES string of the molecule is O=C(O)C1(NCC2CC2)CCN(C2CC2)C1. The van der Waals surface area contributed by atoms with Crippen LogP contribution in [-0.2, 0) is 4.79 Å². The predicted molar refractivity (Wildman–Crippen MR) is 60.3 cm³/mol. The Hall–Kier alpha value is -0.610. The molecule has 0 aromatic rings. The number of rotatable bonds is 5. The van der Waals surface area contributed by atoms with Gasteiger partial charge in [0.15, 0.2) is 0 Å². The molecular weight excluding hydrogens is 204 g/mol. The molecule has 0 aromatic carbocycles. The van der Waals surface area contributed by atoms with Gasteiger partial charge in [0.1, 0.15) is 5.54 Å². The van der Waals surface area contributed by atoms with Crippen molar-refractivity contribution in [2.75, 3.05) is 19.6 Å². The summed E-state index contributed by atoms with van der Waals surface area (Å²) in [5, 5.41) is 12.8. The van der Waals surface area contributed by atoms with Crippen molar-refractivity contribution >= 4 is 5.97 Å². The van der Waals surface area contributed by atoms with E-state index in [9.17, 15) is 9.90 Å². The summed E-state index contributed by atoms with van der Waals surface area (Å²) in [6.07, 6.45) is 5.84. The highest BCUT2D eigenvalue weighted by Gasteiger charge is 2.48. The molecule has 2 saturated carbocycles. The maximum atomic E-state index is 11.5. The second kappa shape index (κ2) is 3.70. The molecule has 1 unspecified atom stereocenters. The minimum Gasteiger partial charge on any atom is -0.480 e. The fourth-order valence-electron chi connectivity index (χ4n) is 2.65. The minimum absolute atomic E-state index is 0.648. The van der Waals surface area contributed by atoms with Gasteiger partial charge >= 0.3 is 5.97 Å². The first-order valence-electron chi connectivity index (χ1n) is 6.42. The lowest BCUT2D eigenvalue weighted by Gasteiger charge is -2.26. The molecular formula is C12H20N2O2. The summed E-state index contributed by atoms with van der Waals surface area (Å²) in [6.45, 7) is 2.55. The Morgan fingerprint density at radius 3 is 2.69 bits per heavy atom. The van der Waals surface area contributed by atoms with Gasteiger partial charge in [-0.3, -0.25) is 9.69 Å². The summed E-state index contributed by atoms with van der Waals surface area (Å²) in [5.41, 5.74) is -0.648. The third kappa shape index (κ3) is 1.96. The van der Waals surface area contributed by atoms with E-state index in [2.05, 4.69) is 10.2 Å². The number of carboxylic acids is 1. The van der Waals surface area contributed by atoms with E-state index >= 15 is 0 Å². The topological polar surface area (TPSA) is 52.6 Å². The summed E-state index contributed by atoms with van der Waals surface area (Å²) in [6, 6.07) is 0.684. The van der Waals surface area contributed by atoms with Gasteiger partial charge in [0.05, 0.1) is 0 Å². The molecule has 16 heavy (non-hydrogen) atoms. The molecule has 90 valence electrons. The molecule has 1 aliphatic heterocycles. The second-order valence-corrected chi connectivity index (χ2v) is 5.66. The molecule has 0 spiro atoms. The third-order valence-electron chi connectivity index (χ3n) is 4.20. The Labute approximate surface area is 96.0 Å². The van der Waals surface area contributed by atoms with Gasteiger partial charge in [-0.25, -0.2) is 0 Å². The molecule has 0 bridgehead atoms. The lowest BCUT2D eigenvalue weighted by molar-refractivity contribution is -0.144. The zero-order valence-electron chi connectivity index (χ0n) is 9.61. The number of nitrogens with zero attached hydrogens (tertiary/aromatic N) is 1. The molecule has 0 aromatic heterocycles. The molecule has 1 saturated heterocycles. The van der Waals surface area contributed by atoms with Crippen LogP contribution in [0.4, 0.5) is 0 Å². The summed E-state index contributed by atoms with van der Waals surface area (Å²) < 4.78 is 0. The van der Waals surface area contributed by atoms with Gasteiger partial charge in [0.25, 0.3) is 0 Å². The Bertz CT molecular complexity index is 299. The average molecular weight is 224 g/mol. The lowest BCUT2D eigenvalue weighted by Crippen LogP contribution is -2.54. The monoisotopic (exact) mass is 224 g/mol. The van der Waals surface area contributed by atoms with E-state index < -0.39 is 11.5 Å². The van der Waals surface area contributed by atoms with Crippen molar-refractivity contribution in [2.24, 2.45) is 5.92 Å². The number of nitrogens with one attached hydrogen (secondary N) is 1. The smallest absolute Gasteiger partial charge is 0.325 e. The van der Waals surface area contributed by atoms with Crippen LogP contribution in [0, 0.1) is 5.92 Å². The number of hydrogen-bond acceptors (Lipinski definition) is 3. The molecule has 2 N–H and O–H groups in total. The second-order valence-electron chi connectivity index (χ2n) is 5.66. The highest BCUT2D eigenvalue weighted by molar-refractivity contribution is 5.79. The summed E-state index contributed by atoms with van der Waals surface area (Å²) in [5.74, 6) is 0.0856. The largest absolute Gasteiger partial charge is 0.480 e. The van der Waals surface area contributed by atoms with Crippen molar-refractivity contribution in [3.05, 3.63) is 0 Å². The Morgan fingerprint density at radius 2 is 2.12 bits per heavy atom. The molecule has 4 nitrogen and oxygen atoms in total. The minimum atomic E-state index is -0.656. The van der Waals surface area contributed by atoms with Gasteiger partial charge in [0.2, 0.25) is 0 Å². The van der Waals surface area contributed by atoms with Crippen LogP contribution < -0.4 is 5.32 Å². The van der Waals surface area contributed by atoms with Crippen LogP contribution in [0.2, 0.25) is 0 Å². The average Bonchev–Trinajstić information content (AvgIpc) is 3.15. The number of carboxylic acid groups (broad SMARTS) is 1. The quantitative estimate of drug-likeness (QED) is 0.721. The Balaban J connectivity index is 1.62. The predicted octanol–water partition coefficient (Wildman–Crippen LogP) is 0.677. The van der Waals surface area contributed by atoms with Crippen LogP contribution in [0.25, 0.3) is 0 Å². The maximum Gasteiger partial charge on any atom is 0.325 e. The standard InChI is InChI=1S/C12H20N2O2/c15-11(16)12(13-7-9-1-2-9)5-6-14(8-12)10-3-4-10/h9-10,13H,1-8H2,(H,15,16). The first kappa shape index (κ1) is 10.5. The van der Waals surface area contributed by atoms with E-state index in [-0.39, 0.29) is 0 Å². The van der Waals surface area contributed by atoms with E-state index in [1.165, 1.54) is 25.7 Å². The molecule has 3 fully saturated rings. The maximum absolute atomic E-state index is 11.5. The molecule has 0 radical (unpaired) electrons. The first-order chi connectivity index (χ1) is 7.70. The van der Waals surface area contributed by atoms with Gasteiger partial charge < -0.3 is 10.4 Å². The molecule has 1 heterocycles. The van der Waals surface area contributed by atoms with E-state index in [4.69, 9.17) is 0 Å². The normalized spacial score (nSPS) is 35.5. The van der Waals surface area contributed by atoms with Crippen LogP contribution >= 0.6 is 0 Å². The zero-order valence-corrected chi connectivity index (χ0v) is 9.61. The van der Waals surface area contributed by atoms with E-state index in [1.54, 1.807) is 0 Å². The number of aliphatic carboxylic acids is 1. The van der Waals surface area contributed by atoms with Gasteiger partial charge in [-0.15, -0.1) is 0 Å². The van der Waals surface area contributed by atoms with E-state index in [0.29, 0.717) is 12.6 Å². The molecule has 3 rings (SSSR count). The Morgan fingerprint density at radius 1 is 1.38 bits per heavy atom. The van der Waals surface area contributed by atoms with Crippen molar-refractivity contribution < 1.29 is 9.90 Å². The molecule has 1 atom stereocenters. The van der Waals surface area contributed by atoms with E-state index in [1.807, 2.05) is 0 Å². The fourth-order valence-corrected chi connectivity index (χ4v) is 2.65. The lowest BCUT2D eigenvalue weighted by atomic mass is 9.98. The van der Waals surface area contributed by atoms with E-state index in [0.717, 1.165) is 25.4 Å². The third-order valence-corrected chi connectivity index (χ3v) is 4.20. The fraction of sp³-hybridized carbons (Fsp3) is 0.917. The number of likely N-dealkylation sites (tertiary alicyclic amines) is 1. The van der Waals surface area contributed by atoms with Crippen LogP contribution in [0.1, 0.15) is 32.1 Å². The van der Waals surface area contributed by atoms with Crippen molar-refractivity contribution in [3.63, 3.8) is 0 Å². The van der Waals surface area contributed by atoms with Crippen molar-refractivity contribution in [2.45, 2.75) is 43.7 Å². The first-order valence-corrected chi connectivity index (χ1v) is 6.42. The number of hydrogen-bond donors (Lipinski definition) is 2. The van der Waals surface area contributed by atoms with Crippen molar-refractivity contribution in [1.29, 1.82) is 0 Å².